The van der Waals surface area contributed by atoms with Gasteiger partial charge in [-0.05, 0) is 11.6 Å². The molecule has 9 heteroatoms. The van der Waals surface area contributed by atoms with Crippen molar-refractivity contribution < 1.29 is 13.2 Å². The van der Waals surface area contributed by atoms with Crippen molar-refractivity contribution in [3.05, 3.63) is 41.2 Å². The number of aromatic nitrogens is 3. The Morgan fingerprint density at radius 3 is 2.29 bits per heavy atom. The van der Waals surface area contributed by atoms with Crippen LogP contribution in [0.3, 0.4) is 0 Å². The summed E-state index contributed by atoms with van der Waals surface area (Å²) in [5.41, 5.74) is 10.8. The van der Waals surface area contributed by atoms with E-state index in [-0.39, 0.29) is 11.9 Å². The van der Waals surface area contributed by atoms with Crippen molar-refractivity contribution in [1.82, 2.24) is 15.0 Å². The first-order valence-electron chi connectivity index (χ1n) is 5.84. The number of nitrogens with two attached hydrogens (primary N) is 2. The molecular weight excluding hydrogens is 303 g/mol. The number of alkyl halides is 3. The highest BCUT2D eigenvalue weighted by Crippen LogP contribution is 2.30. The van der Waals surface area contributed by atoms with E-state index in [2.05, 4.69) is 15.0 Å². The molecule has 0 saturated carbocycles. The SMILES string of the molecule is Nc1nc(N)nc(CSCc2cccc(C(F)(F)F)c2)n1. The molecule has 0 bridgehead atoms. The molecule has 0 atom stereocenters. The van der Waals surface area contributed by atoms with E-state index in [0.717, 1.165) is 12.1 Å². The topological polar surface area (TPSA) is 90.7 Å². The van der Waals surface area contributed by atoms with Gasteiger partial charge in [0.25, 0.3) is 0 Å². The zero-order valence-corrected chi connectivity index (χ0v) is 11.6. The monoisotopic (exact) mass is 315 g/mol. The summed E-state index contributed by atoms with van der Waals surface area (Å²) in [6.45, 7) is 0. The van der Waals surface area contributed by atoms with Gasteiger partial charge in [-0.25, -0.2) is 0 Å². The Labute approximate surface area is 123 Å². The van der Waals surface area contributed by atoms with Crippen LogP contribution in [0.25, 0.3) is 0 Å². The second kappa shape index (κ2) is 6.17. The smallest absolute Gasteiger partial charge is 0.368 e. The fourth-order valence-corrected chi connectivity index (χ4v) is 2.45. The van der Waals surface area contributed by atoms with Crippen molar-refractivity contribution in [3.8, 4) is 0 Å². The number of hydrogen-bond acceptors (Lipinski definition) is 6. The number of hydrogen-bond donors (Lipinski definition) is 2. The summed E-state index contributed by atoms with van der Waals surface area (Å²) < 4.78 is 37.7. The first kappa shape index (κ1) is 15.4. The van der Waals surface area contributed by atoms with Crippen LogP contribution in [0, 0.1) is 0 Å². The number of thioether (sulfide) groups is 1. The zero-order chi connectivity index (χ0) is 15.5. The number of halogens is 3. The van der Waals surface area contributed by atoms with Crippen LogP contribution in [0.15, 0.2) is 24.3 Å². The van der Waals surface area contributed by atoms with E-state index in [1.165, 1.54) is 17.8 Å². The third kappa shape index (κ3) is 4.48. The molecule has 5 nitrogen and oxygen atoms in total. The maximum Gasteiger partial charge on any atom is 0.416 e. The lowest BCUT2D eigenvalue weighted by atomic mass is 10.1. The lowest BCUT2D eigenvalue weighted by Gasteiger charge is -2.08. The van der Waals surface area contributed by atoms with Crippen molar-refractivity contribution in [2.45, 2.75) is 17.7 Å². The molecule has 0 saturated heterocycles. The predicted molar refractivity (Wildman–Crippen MR) is 75.1 cm³/mol. The van der Waals surface area contributed by atoms with E-state index in [4.69, 9.17) is 11.5 Å². The Morgan fingerprint density at radius 1 is 1.00 bits per heavy atom. The van der Waals surface area contributed by atoms with Crippen LogP contribution >= 0.6 is 11.8 Å². The molecule has 21 heavy (non-hydrogen) atoms. The van der Waals surface area contributed by atoms with E-state index in [9.17, 15) is 13.2 Å². The first-order chi connectivity index (χ1) is 9.84. The van der Waals surface area contributed by atoms with Crippen molar-refractivity contribution in [2.75, 3.05) is 11.5 Å². The highest BCUT2D eigenvalue weighted by atomic mass is 32.2. The van der Waals surface area contributed by atoms with Gasteiger partial charge < -0.3 is 11.5 Å². The maximum absolute atomic E-state index is 12.6. The minimum atomic E-state index is -4.34. The van der Waals surface area contributed by atoms with Gasteiger partial charge >= 0.3 is 6.18 Å². The van der Waals surface area contributed by atoms with E-state index >= 15 is 0 Å². The average molecular weight is 315 g/mol. The van der Waals surface area contributed by atoms with Gasteiger partial charge in [0.2, 0.25) is 11.9 Å². The largest absolute Gasteiger partial charge is 0.416 e. The van der Waals surface area contributed by atoms with Gasteiger partial charge in [0, 0.05) is 5.75 Å². The van der Waals surface area contributed by atoms with Crippen molar-refractivity contribution in [3.63, 3.8) is 0 Å². The van der Waals surface area contributed by atoms with Gasteiger partial charge in [0.05, 0.1) is 11.3 Å². The van der Waals surface area contributed by atoms with Crippen LogP contribution < -0.4 is 11.5 Å². The normalized spacial score (nSPS) is 11.6. The molecule has 0 aliphatic heterocycles. The van der Waals surface area contributed by atoms with Crippen LogP contribution in [-0.4, -0.2) is 15.0 Å². The molecular formula is C12H12F3N5S. The second-order valence-electron chi connectivity index (χ2n) is 4.16. The second-order valence-corrected chi connectivity index (χ2v) is 5.14. The summed E-state index contributed by atoms with van der Waals surface area (Å²) in [5, 5.41) is 0. The van der Waals surface area contributed by atoms with Crippen LogP contribution in [-0.2, 0) is 17.7 Å². The van der Waals surface area contributed by atoms with Crippen LogP contribution in [0.1, 0.15) is 17.0 Å². The highest BCUT2D eigenvalue weighted by Gasteiger charge is 2.30. The average Bonchev–Trinajstić information content (AvgIpc) is 2.37. The summed E-state index contributed by atoms with van der Waals surface area (Å²) >= 11 is 1.36. The first-order valence-corrected chi connectivity index (χ1v) is 7.00. The Bertz CT molecular complexity index is 612. The Kier molecular flexibility index (Phi) is 4.51. The molecule has 2 aromatic rings. The molecule has 1 heterocycles. The lowest BCUT2D eigenvalue weighted by Crippen LogP contribution is -2.06. The summed E-state index contributed by atoms with van der Waals surface area (Å²) in [6.07, 6.45) is -4.34. The van der Waals surface area contributed by atoms with Crippen LogP contribution in [0.2, 0.25) is 0 Å². The third-order valence-corrected chi connectivity index (χ3v) is 3.47. The van der Waals surface area contributed by atoms with Crippen molar-refractivity contribution in [2.24, 2.45) is 0 Å². The van der Waals surface area contributed by atoms with Crippen LogP contribution in [0.4, 0.5) is 25.1 Å². The Balaban J connectivity index is 1.97. The highest BCUT2D eigenvalue weighted by molar-refractivity contribution is 7.97. The number of anilines is 2. The molecule has 0 aliphatic carbocycles. The summed E-state index contributed by atoms with van der Waals surface area (Å²) in [5.74, 6) is 1.23. The molecule has 4 N–H and O–H groups in total. The summed E-state index contributed by atoms with van der Waals surface area (Å²) in [4.78, 5) is 11.4. The fourth-order valence-electron chi connectivity index (χ4n) is 1.62. The van der Waals surface area contributed by atoms with E-state index in [1.54, 1.807) is 6.07 Å². The number of nitrogens with zero attached hydrogens (tertiary/aromatic N) is 3. The number of benzene rings is 1. The Morgan fingerprint density at radius 2 is 1.67 bits per heavy atom. The summed E-state index contributed by atoms with van der Waals surface area (Å²) in [6, 6.07) is 5.20. The lowest BCUT2D eigenvalue weighted by molar-refractivity contribution is -0.137. The predicted octanol–water partition coefficient (Wildman–Crippen LogP) is 2.49. The fraction of sp³-hybridized carbons (Fsp3) is 0.250. The standard InChI is InChI=1S/C12H12F3N5S/c13-12(14,15)8-3-1-2-7(4-8)5-21-6-9-18-10(16)20-11(17)19-9/h1-4H,5-6H2,(H4,16,17,18,19,20). The van der Waals surface area contributed by atoms with Gasteiger partial charge in [-0.2, -0.15) is 28.1 Å². The molecule has 0 aliphatic rings. The molecule has 0 fully saturated rings. The van der Waals surface area contributed by atoms with Gasteiger partial charge in [0.1, 0.15) is 5.82 Å². The molecule has 2 rings (SSSR count). The molecule has 112 valence electrons. The number of rotatable bonds is 4. The van der Waals surface area contributed by atoms with Gasteiger partial charge in [-0.15, -0.1) is 11.8 Å². The van der Waals surface area contributed by atoms with E-state index < -0.39 is 11.7 Å². The van der Waals surface area contributed by atoms with Gasteiger partial charge in [-0.3, -0.25) is 0 Å². The van der Waals surface area contributed by atoms with Gasteiger partial charge in [-0.1, -0.05) is 18.2 Å². The molecule has 1 aromatic carbocycles. The van der Waals surface area contributed by atoms with Gasteiger partial charge in [0.15, 0.2) is 0 Å². The molecule has 0 unspecified atom stereocenters. The Hall–Kier alpha value is -2.03. The number of nitrogen functional groups attached to an aromatic ring is 2. The zero-order valence-electron chi connectivity index (χ0n) is 10.8. The molecule has 1 aromatic heterocycles. The molecule has 0 spiro atoms. The quantitative estimate of drug-likeness (QED) is 0.901. The van der Waals surface area contributed by atoms with Crippen molar-refractivity contribution in [1.29, 1.82) is 0 Å². The van der Waals surface area contributed by atoms with E-state index in [0.29, 0.717) is 22.9 Å². The maximum atomic E-state index is 12.6. The van der Waals surface area contributed by atoms with Crippen LogP contribution in [0.5, 0.6) is 0 Å². The molecule has 0 radical (unpaired) electrons. The minimum Gasteiger partial charge on any atom is -0.368 e. The minimum absolute atomic E-state index is 0.0252. The molecule has 0 amide bonds. The summed E-state index contributed by atoms with van der Waals surface area (Å²) in [7, 11) is 0. The third-order valence-electron chi connectivity index (χ3n) is 2.47. The van der Waals surface area contributed by atoms with Crippen molar-refractivity contribution >= 4 is 23.7 Å². The van der Waals surface area contributed by atoms with E-state index in [1.807, 2.05) is 0 Å².